The molecule has 1 heterocycles. The van der Waals surface area contributed by atoms with Crippen LogP contribution in [-0.2, 0) is 14.3 Å². The Morgan fingerprint density at radius 1 is 0.618 bits per heavy atom. The Morgan fingerprint density at radius 2 is 1.07 bits per heavy atom. The average Bonchev–Trinajstić information content (AvgIpc) is 3.18. The second-order valence-electron chi connectivity index (χ2n) is 15.3. The van der Waals surface area contributed by atoms with Crippen LogP contribution < -0.4 is 5.32 Å². The van der Waals surface area contributed by atoms with Crippen molar-refractivity contribution in [3.05, 3.63) is 48.6 Å². The molecule has 0 aromatic heterocycles. The van der Waals surface area contributed by atoms with Crippen LogP contribution in [-0.4, -0.2) is 98.7 Å². The SMILES string of the molecule is CCCCCC/C=C\CCCCCCCCC(O)C(=O)NC(COC1OC(CO)C(O)C(O)C1O)C(O)/C=C/CC/C=C/CC/C=C/CCCCCCCC. The van der Waals surface area contributed by atoms with Gasteiger partial charge in [-0.05, 0) is 70.6 Å². The van der Waals surface area contributed by atoms with E-state index < -0.39 is 61.5 Å². The normalized spacial score (nSPS) is 22.4. The molecule has 0 aromatic rings. The molecule has 7 N–H and O–H groups in total. The van der Waals surface area contributed by atoms with Crippen LogP contribution in [0.2, 0.25) is 0 Å². The van der Waals surface area contributed by atoms with Gasteiger partial charge < -0.3 is 45.4 Å². The maximum Gasteiger partial charge on any atom is 0.249 e. The zero-order valence-corrected chi connectivity index (χ0v) is 34.5. The highest BCUT2D eigenvalue weighted by Gasteiger charge is 2.44. The fourth-order valence-electron chi connectivity index (χ4n) is 6.54. The Morgan fingerprint density at radius 3 is 1.60 bits per heavy atom. The van der Waals surface area contributed by atoms with Crippen LogP contribution >= 0.6 is 0 Å². The number of nitrogens with one attached hydrogen (secondary N) is 1. The fourth-order valence-corrected chi connectivity index (χ4v) is 6.54. The first-order valence-corrected chi connectivity index (χ1v) is 22.0. The number of rotatable bonds is 35. The number of hydrogen-bond acceptors (Lipinski definition) is 9. The van der Waals surface area contributed by atoms with Crippen molar-refractivity contribution in [1.29, 1.82) is 0 Å². The summed E-state index contributed by atoms with van der Waals surface area (Å²) in [5, 5.41) is 64.5. The lowest BCUT2D eigenvalue weighted by atomic mass is 9.99. The molecule has 1 rings (SSSR count). The molecule has 0 aromatic carbocycles. The van der Waals surface area contributed by atoms with E-state index in [0.29, 0.717) is 19.3 Å². The molecule has 320 valence electrons. The van der Waals surface area contributed by atoms with Gasteiger partial charge in [-0.1, -0.05) is 146 Å². The maximum absolute atomic E-state index is 13.0. The van der Waals surface area contributed by atoms with Crippen LogP contribution in [0, 0.1) is 0 Å². The van der Waals surface area contributed by atoms with Crippen LogP contribution in [0.1, 0.15) is 168 Å². The average molecular weight is 780 g/mol. The number of hydrogen-bond donors (Lipinski definition) is 7. The maximum atomic E-state index is 13.0. The van der Waals surface area contributed by atoms with Gasteiger partial charge in [-0.25, -0.2) is 0 Å². The Balaban J connectivity index is 2.51. The molecule has 1 amide bonds. The van der Waals surface area contributed by atoms with Crippen LogP contribution in [0.4, 0.5) is 0 Å². The van der Waals surface area contributed by atoms with E-state index in [0.717, 1.165) is 57.8 Å². The molecule has 10 heteroatoms. The van der Waals surface area contributed by atoms with E-state index in [9.17, 15) is 35.4 Å². The molecule has 0 spiro atoms. The minimum Gasteiger partial charge on any atom is -0.394 e. The summed E-state index contributed by atoms with van der Waals surface area (Å²) < 4.78 is 11.1. The van der Waals surface area contributed by atoms with Gasteiger partial charge in [0.05, 0.1) is 25.4 Å². The zero-order valence-electron chi connectivity index (χ0n) is 34.5. The highest BCUT2D eigenvalue weighted by Crippen LogP contribution is 2.22. The second kappa shape index (κ2) is 35.3. The molecular formula is C45H81NO9. The Bertz CT molecular complexity index is 1020. The summed E-state index contributed by atoms with van der Waals surface area (Å²) in [5.41, 5.74) is 0. The first-order valence-electron chi connectivity index (χ1n) is 22.0. The van der Waals surface area contributed by atoms with Crippen molar-refractivity contribution in [2.75, 3.05) is 13.2 Å². The van der Waals surface area contributed by atoms with Gasteiger partial charge in [0.15, 0.2) is 6.29 Å². The van der Waals surface area contributed by atoms with Crippen molar-refractivity contribution < 1.29 is 44.9 Å². The molecule has 1 saturated heterocycles. The summed E-state index contributed by atoms with van der Waals surface area (Å²) in [7, 11) is 0. The topological polar surface area (TPSA) is 169 Å². The highest BCUT2D eigenvalue weighted by atomic mass is 16.7. The number of aliphatic hydroxyl groups excluding tert-OH is 6. The number of amides is 1. The first kappa shape index (κ1) is 51.1. The Hall–Kier alpha value is -1.89. The quantitative estimate of drug-likeness (QED) is 0.0253. The molecule has 55 heavy (non-hydrogen) atoms. The van der Waals surface area contributed by atoms with Gasteiger partial charge in [0, 0.05) is 0 Å². The van der Waals surface area contributed by atoms with Crippen molar-refractivity contribution in [3.8, 4) is 0 Å². The van der Waals surface area contributed by atoms with E-state index in [-0.39, 0.29) is 6.61 Å². The summed E-state index contributed by atoms with van der Waals surface area (Å²) in [6.45, 7) is 3.53. The lowest BCUT2D eigenvalue weighted by molar-refractivity contribution is -0.302. The second-order valence-corrected chi connectivity index (χ2v) is 15.3. The van der Waals surface area contributed by atoms with Gasteiger partial charge in [-0.15, -0.1) is 0 Å². The number of carbonyl (C=O) groups excluding carboxylic acids is 1. The van der Waals surface area contributed by atoms with Gasteiger partial charge >= 0.3 is 0 Å². The van der Waals surface area contributed by atoms with Crippen molar-refractivity contribution in [2.45, 2.75) is 217 Å². The van der Waals surface area contributed by atoms with E-state index in [4.69, 9.17) is 9.47 Å². The smallest absolute Gasteiger partial charge is 0.249 e. The molecule has 1 aliphatic rings. The van der Waals surface area contributed by atoms with Crippen molar-refractivity contribution in [1.82, 2.24) is 5.32 Å². The number of carbonyl (C=O) groups is 1. The lowest BCUT2D eigenvalue weighted by Crippen LogP contribution is -2.60. The third-order valence-electron chi connectivity index (χ3n) is 10.2. The van der Waals surface area contributed by atoms with E-state index in [1.54, 1.807) is 6.08 Å². The monoisotopic (exact) mass is 780 g/mol. The summed E-state index contributed by atoms with van der Waals surface area (Å²) >= 11 is 0. The third kappa shape index (κ3) is 25.9. The van der Waals surface area contributed by atoms with Crippen LogP contribution in [0.3, 0.4) is 0 Å². The third-order valence-corrected chi connectivity index (χ3v) is 10.2. The number of allylic oxidation sites excluding steroid dienone is 7. The van der Waals surface area contributed by atoms with E-state index in [2.05, 4.69) is 55.6 Å². The summed E-state index contributed by atoms with van der Waals surface area (Å²) in [6, 6.07) is -1.00. The van der Waals surface area contributed by atoms with Gasteiger partial charge in [0.25, 0.3) is 0 Å². The van der Waals surface area contributed by atoms with Gasteiger partial charge in [0.2, 0.25) is 5.91 Å². The largest absolute Gasteiger partial charge is 0.394 e. The Kier molecular flexibility index (Phi) is 32.8. The summed E-state index contributed by atoms with van der Waals surface area (Å²) in [6.07, 6.45) is 33.4. The molecule has 0 bridgehead atoms. The minimum absolute atomic E-state index is 0.292. The molecule has 1 fully saturated rings. The van der Waals surface area contributed by atoms with E-state index in [1.165, 1.54) is 77.0 Å². The fraction of sp³-hybridized carbons (Fsp3) is 0.800. The van der Waals surface area contributed by atoms with Crippen LogP contribution in [0.25, 0.3) is 0 Å². The van der Waals surface area contributed by atoms with E-state index >= 15 is 0 Å². The summed E-state index contributed by atoms with van der Waals surface area (Å²) in [4.78, 5) is 13.0. The molecule has 8 atom stereocenters. The first-order chi connectivity index (χ1) is 26.8. The van der Waals surface area contributed by atoms with Crippen LogP contribution in [0.5, 0.6) is 0 Å². The van der Waals surface area contributed by atoms with Crippen LogP contribution in [0.15, 0.2) is 48.6 Å². The number of unbranched alkanes of at least 4 members (excludes halogenated alkanes) is 18. The predicted octanol–water partition coefficient (Wildman–Crippen LogP) is 7.64. The number of ether oxygens (including phenoxy) is 2. The molecular weight excluding hydrogens is 698 g/mol. The Labute approximate surface area is 334 Å². The lowest BCUT2D eigenvalue weighted by Gasteiger charge is -2.40. The van der Waals surface area contributed by atoms with Crippen molar-refractivity contribution >= 4 is 5.91 Å². The molecule has 0 saturated carbocycles. The minimum atomic E-state index is -1.62. The molecule has 0 aliphatic carbocycles. The molecule has 1 aliphatic heterocycles. The summed E-state index contributed by atoms with van der Waals surface area (Å²) in [5.74, 6) is -0.639. The number of aliphatic hydroxyl groups is 6. The highest BCUT2D eigenvalue weighted by molar-refractivity contribution is 5.80. The van der Waals surface area contributed by atoms with Crippen molar-refractivity contribution in [3.63, 3.8) is 0 Å². The van der Waals surface area contributed by atoms with Gasteiger partial charge in [-0.2, -0.15) is 0 Å². The van der Waals surface area contributed by atoms with Gasteiger partial charge in [0.1, 0.15) is 30.5 Å². The predicted molar refractivity (Wildman–Crippen MR) is 222 cm³/mol. The van der Waals surface area contributed by atoms with Gasteiger partial charge in [-0.3, -0.25) is 4.79 Å². The molecule has 8 unspecified atom stereocenters. The molecule has 10 nitrogen and oxygen atoms in total. The van der Waals surface area contributed by atoms with E-state index in [1.807, 2.05) is 6.08 Å². The standard InChI is InChI=1S/C45H81NO9/c1-3-5-7-9-11-13-15-17-19-20-22-23-25-27-29-31-33-38(48)37(36-54-45-43(52)42(51)41(50)40(35-47)55-45)46-44(53)39(49)34-32-30-28-26-24-21-18-16-14-12-10-8-6-4-2/h14,16-17,19,23,25,31,33,37-43,45,47-52H,3-13,15,18,20-22,24,26-30,32,34-36H2,1-2H3,(H,46,53)/b16-14-,19-17+,25-23+,33-31+. The zero-order chi connectivity index (χ0) is 40.4. The molecule has 0 radical (unpaired) electrons. The van der Waals surface area contributed by atoms with Crippen molar-refractivity contribution in [2.24, 2.45) is 0 Å².